The fourth-order valence-corrected chi connectivity index (χ4v) is 4.24. The molecule has 3 N–H and O–H groups in total. The molecule has 0 radical (unpaired) electrons. The van der Waals surface area contributed by atoms with Crippen LogP contribution in [0.25, 0.3) is 0 Å². The van der Waals surface area contributed by atoms with Crippen LogP contribution >= 0.6 is 24.0 Å². The average Bonchev–Trinajstić information content (AvgIpc) is 3.36. The summed E-state index contributed by atoms with van der Waals surface area (Å²) in [7, 11) is -3.39. The molecule has 0 bridgehead atoms. The Kier molecular flexibility index (Phi) is 7.10. The summed E-state index contributed by atoms with van der Waals surface area (Å²) < 4.78 is 26.9. The van der Waals surface area contributed by atoms with Crippen molar-refractivity contribution in [3.63, 3.8) is 0 Å². The zero-order chi connectivity index (χ0) is 17.2. The molecule has 1 heterocycles. The minimum Gasteiger partial charge on any atom is -0.370 e. The zero-order valence-corrected chi connectivity index (χ0v) is 17.7. The molecule has 6 nitrogen and oxygen atoms in total. The minimum absolute atomic E-state index is 0. The number of nitrogens with two attached hydrogens (primary N) is 1. The zero-order valence-electron chi connectivity index (χ0n) is 14.5. The number of hydrogen-bond acceptors (Lipinski definition) is 3. The second-order valence-electron chi connectivity index (χ2n) is 6.91. The molecular weight excluding hydrogens is 451 g/mol. The second-order valence-corrected chi connectivity index (χ2v) is 8.62. The highest BCUT2D eigenvalue weighted by Gasteiger charge is 2.27. The molecule has 0 amide bonds. The lowest BCUT2D eigenvalue weighted by Crippen LogP contribution is -2.43. The van der Waals surface area contributed by atoms with Gasteiger partial charge in [0.1, 0.15) is 0 Å². The Morgan fingerprint density at radius 3 is 2.56 bits per heavy atom. The molecule has 1 atom stereocenters. The maximum atomic E-state index is 12.1. The highest BCUT2D eigenvalue weighted by atomic mass is 127. The number of likely N-dealkylation sites (tertiary alicyclic amines) is 1. The summed E-state index contributed by atoms with van der Waals surface area (Å²) >= 11 is 0. The largest absolute Gasteiger partial charge is 0.370 e. The van der Waals surface area contributed by atoms with E-state index in [2.05, 4.69) is 21.5 Å². The third-order valence-electron chi connectivity index (χ3n) is 4.54. The van der Waals surface area contributed by atoms with Crippen molar-refractivity contribution in [2.45, 2.75) is 50.1 Å². The predicted octanol–water partition coefficient (Wildman–Crippen LogP) is 2.29. The molecule has 2 fully saturated rings. The van der Waals surface area contributed by atoms with Crippen molar-refractivity contribution in [1.82, 2.24) is 9.62 Å². The molecule has 140 valence electrons. The van der Waals surface area contributed by atoms with Crippen LogP contribution in [0.5, 0.6) is 0 Å². The summed E-state index contributed by atoms with van der Waals surface area (Å²) in [5.74, 6) is 1.23. The first-order valence-corrected chi connectivity index (χ1v) is 10.1. The van der Waals surface area contributed by atoms with E-state index in [4.69, 9.17) is 5.73 Å². The molecular formula is C17H27IN4O2S. The van der Waals surface area contributed by atoms with Crippen LogP contribution in [0.1, 0.15) is 38.2 Å². The van der Waals surface area contributed by atoms with Gasteiger partial charge in [0.2, 0.25) is 10.0 Å². The summed E-state index contributed by atoms with van der Waals surface area (Å²) in [5, 5.41) is 0. The van der Waals surface area contributed by atoms with Gasteiger partial charge in [-0.1, -0.05) is 19.1 Å². The van der Waals surface area contributed by atoms with Gasteiger partial charge in [-0.25, -0.2) is 18.1 Å². The van der Waals surface area contributed by atoms with Crippen LogP contribution in [0, 0.1) is 5.92 Å². The van der Waals surface area contributed by atoms with E-state index in [0.717, 1.165) is 37.9 Å². The first kappa shape index (κ1) is 20.4. The van der Waals surface area contributed by atoms with Gasteiger partial charge >= 0.3 is 0 Å². The molecule has 1 aromatic rings. The summed E-state index contributed by atoms with van der Waals surface area (Å²) in [6.45, 7) is 4.62. The third-order valence-corrected chi connectivity index (χ3v) is 6.07. The van der Waals surface area contributed by atoms with Gasteiger partial charge in [0.05, 0.1) is 11.4 Å². The molecule has 1 unspecified atom stereocenters. The Morgan fingerprint density at radius 2 is 1.96 bits per heavy atom. The molecule has 1 aromatic carbocycles. The molecule has 0 aromatic heterocycles. The summed E-state index contributed by atoms with van der Waals surface area (Å²) in [6.07, 6.45) is 4.26. The van der Waals surface area contributed by atoms with E-state index in [1.54, 1.807) is 24.3 Å². The summed E-state index contributed by atoms with van der Waals surface area (Å²) in [5.41, 5.74) is 7.04. The highest BCUT2D eigenvalue weighted by Crippen LogP contribution is 2.22. The Morgan fingerprint density at radius 1 is 1.28 bits per heavy atom. The van der Waals surface area contributed by atoms with Crippen LogP contribution in [-0.4, -0.2) is 38.4 Å². The number of hydrogen-bond donors (Lipinski definition) is 2. The van der Waals surface area contributed by atoms with Gasteiger partial charge in [0.25, 0.3) is 0 Å². The lowest BCUT2D eigenvalue weighted by Gasteiger charge is -2.31. The van der Waals surface area contributed by atoms with E-state index < -0.39 is 10.0 Å². The number of nitrogens with zero attached hydrogens (tertiary/aromatic N) is 2. The molecule has 2 aliphatic rings. The van der Waals surface area contributed by atoms with Crippen LogP contribution in [0.15, 0.2) is 34.2 Å². The monoisotopic (exact) mass is 478 g/mol. The summed E-state index contributed by atoms with van der Waals surface area (Å²) in [4.78, 5) is 6.90. The Labute approximate surface area is 167 Å². The predicted molar refractivity (Wildman–Crippen MR) is 110 cm³/mol. The fraction of sp³-hybridized carbons (Fsp3) is 0.588. The van der Waals surface area contributed by atoms with Crippen LogP contribution < -0.4 is 10.5 Å². The Balaban J connectivity index is 0.00000225. The molecule has 3 rings (SSSR count). The lowest BCUT2D eigenvalue weighted by molar-refractivity contribution is 0.270. The van der Waals surface area contributed by atoms with Crippen LogP contribution in [0.3, 0.4) is 0 Å². The van der Waals surface area contributed by atoms with Crippen molar-refractivity contribution in [3.8, 4) is 0 Å². The Hall–Kier alpha value is -0.870. The van der Waals surface area contributed by atoms with Gasteiger partial charge in [-0.2, -0.15) is 0 Å². The topological polar surface area (TPSA) is 87.8 Å². The lowest BCUT2D eigenvalue weighted by atomic mass is 10.0. The van der Waals surface area contributed by atoms with Crippen LogP contribution in [0.4, 0.5) is 0 Å². The number of guanidine groups is 1. The maximum Gasteiger partial charge on any atom is 0.240 e. The molecule has 1 aliphatic heterocycles. The van der Waals surface area contributed by atoms with E-state index in [9.17, 15) is 8.42 Å². The minimum atomic E-state index is -3.39. The third kappa shape index (κ3) is 5.82. The highest BCUT2D eigenvalue weighted by molar-refractivity contribution is 14.0. The van der Waals surface area contributed by atoms with Crippen LogP contribution in [-0.2, 0) is 16.6 Å². The normalized spacial score (nSPS) is 21.7. The average molecular weight is 478 g/mol. The Bertz CT molecular complexity index is 702. The van der Waals surface area contributed by atoms with Crippen molar-refractivity contribution in [3.05, 3.63) is 29.8 Å². The number of aliphatic imine (C=N–C) groups is 1. The van der Waals surface area contributed by atoms with Crippen molar-refractivity contribution >= 4 is 40.0 Å². The van der Waals surface area contributed by atoms with Crippen molar-refractivity contribution in [2.24, 2.45) is 16.6 Å². The standard InChI is InChI=1S/C17H26N4O2S.HI/c1-13-3-2-10-21(12-13)17(18)19-11-14-4-8-16(9-5-14)24(22,23)20-15-6-7-15;/h4-5,8-9,13,15,20H,2-3,6-7,10-12H2,1H3,(H2,18,19);1H. The molecule has 0 spiro atoms. The van der Waals surface area contributed by atoms with Gasteiger partial charge in [-0.15, -0.1) is 24.0 Å². The van der Waals surface area contributed by atoms with Crippen molar-refractivity contribution in [1.29, 1.82) is 0 Å². The van der Waals surface area contributed by atoms with E-state index in [0.29, 0.717) is 23.3 Å². The van der Waals surface area contributed by atoms with Gasteiger partial charge < -0.3 is 10.6 Å². The molecule has 8 heteroatoms. The maximum absolute atomic E-state index is 12.1. The number of rotatable bonds is 5. The quantitative estimate of drug-likeness (QED) is 0.386. The number of piperidine rings is 1. The smallest absolute Gasteiger partial charge is 0.240 e. The van der Waals surface area contributed by atoms with E-state index >= 15 is 0 Å². The van der Waals surface area contributed by atoms with E-state index in [-0.39, 0.29) is 30.0 Å². The number of halogens is 1. The van der Waals surface area contributed by atoms with Gasteiger partial charge in [-0.3, -0.25) is 0 Å². The van der Waals surface area contributed by atoms with E-state index in [1.807, 2.05) is 0 Å². The fourth-order valence-electron chi connectivity index (χ4n) is 2.93. The number of benzene rings is 1. The molecule has 1 aliphatic carbocycles. The van der Waals surface area contributed by atoms with Gasteiger partial charge in [-0.05, 0) is 49.3 Å². The number of sulfonamides is 1. The SMILES string of the molecule is CC1CCCN(C(N)=NCc2ccc(S(=O)(=O)NC3CC3)cc2)C1.I. The van der Waals surface area contributed by atoms with E-state index in [1.165, 1.54) is 6.42 Å². The second kappa shape index (κ2) is 8.68. The van der Waals surface area contributed by atoms with Gasteiger partial charge in [0.15, 0.2) is 5.96 Å². The van der Waals surface area contributed by atoms with Crippen LogP contribution in [0.2, 0.25) is 0 Å². The van der Waals surface area contributed by atoms with Crippen molar-refractivity contribution in [2.75, 3.05) is 13.1 Å². The molecule has 1 saturated heterocycles. The first-order chi connectivity index (χ1) is 11.4. The van der Waals surface area contributed by atoms with Gasteiger partial charge in [0, 0.05) is 19.1 Å². The van der Waals surface area contributed by atoms with Crippen molar-refractivity contribution < 1.29 is 8.42 Å². The first-order valence-electron chi connectivity index (χ1n) is 8.60. The summed E-state index contributed by atoms with van der Waals surface area (Å²) in [6, 6.07) is 6.99. The number of nitrogens with one attached hydrogen (secondary N) is 1. The molecule has 1 saturated carbocycles. The molecule has 25 heavy (non-hydrogen) atoms.